The number of nitrogens with zero attached hydrogens (tertiary/aromatic N) is 3. The molecule has 2 N–H and O–H groups in total. The first-order chi connectivity index (χ1) is 16.2. The van der Waals surface area contributed by atoms with Gasteiger partial charge in [0, 0.05) is 11.8 Å². The first-order valence-electron chi connectivity index (χ1n) is 10.1. The maximum absolute atomic E-state index is 12.9. The van der Waals surface area contributed by atoms with Gasteiger partial charge in [-0.05, 0) is 31.2 Å². The predicted octanol–water partition coefficient (Wildman–Crippen LogP) is 4.34. The number of aromatic nitrogens is 3. The fourth-order valence-corrected chi connectivity index (χ4v) is 3.27. The van der Waals surface area contributed by atoms with E-state index in [2.05, 4.69) is 20.9 Å². The molecule has 10 heteroatoms. The number of hydrogen-bond donors (Lipinski definition) is 2. The van der Waals surface area contributed by atoms with Crippen LogP contribution in [0.1, 0.15) is 32.1 Å². The van der Waals surface area contributed by atoms with Gasteiger partial charge in [-0.25, -0.2) is 9.67 Å². The molecule has 2 aromatic carbocycles. The number of hydrogen-bond acceptors (Lipinski definition) is 4. The van der Waals surface area contributed by atoms with Crippen LogP contribution in [0.25, 0.3) is 16.9 Å². The normalized spacial score (nSPS) is 11.2. The Balaban J connectivity index is 1.57. The predicted molar refractivity (Wildman–Crippen MR) is 118 cm³/mol. The second-order valence-corrected chi connectivity index (χ2v) is 7.27. The molecule has 0 fully saturated rings. The van der Waals surface area contributed by atoms with Gasteiger partial charge >= 0.3 is 6.18 Å². The zero-order valence-electron chi connectivity index (χ0n) is 17.8. The lowest BCUT2D eigenvalue weighted by Crippen LogP contribution is -2.42. The number of amides is 2. The van der Waals surface area contributed by atoms with E-state index in [1.54, 1.807) is 28.9 Å². The first-order valence-corrected chi connectivity index (χ1v) is 10.1. The van der Waals surface area contributed by atoms with E-state index in [1.807, 2.05) is 36.4 Å². The summed E-state index contributed by atoms with van der Waals surface area (Å²) < 4.78 is 40.0. The third-order valence-electron chi connectivity index (χ3n) is 4.94. The van der Waals surface area contributed by atoms with Crippen LogP contribution >= 0.6 is 0 Å². The molecular formula is C24H18F3N5O2. The third-order valence-corrected chi connectivity index (χ3v) is 4.94. The van der Waals surface area contributed by atoms with E-state index in [0.29, 0.717) is 17.3 Å². The molecule has 2 aromatic heterocycles. The zero-order chi connectivity index (χ0) is 24.3. The van der Waals surface area contributed by atoms with Crippen molar-refractivity contribution in [1.82, 2.24) is 25.6 Å². The Kier molecular flexibility index (Phi) is 6.13. The maximum Gasteiger partial charge on any atom is 0.433 e. The molecule has 0 radical (unpaired) electrons. The van der Waals surface area contributed by atoms with E-state index in [1.165, 1.54) is 13.1 Å². The van der Waals surface area contributed by atoms with Gasteiger partial charge in [-0.15, -0.1) is 0 Å². The van der Waals surface area contributed by atoms with Crippen LogP contribution < -0.4 is 10.9 Å². The molecule has 4 aromatic rings. The maximum atomic E-state index is 12.9. The van der Waals surface area contributed by atoms with Crippen molar-refractivity contribution >= 4 is 11.8 Å². The molecule has 4 rings (SSSR count). The van der Waals surface area contributed by atoms with Crippen molar-refractivity contribution in [3.63, 3.8) is 0 Å². The number of halogens is 3. The highest BCUT2D eigenvalue weighted by Gasteiger charge is 2.33. The molecule has 0 aliphatic rings. The van der Waals surface area contributed by atoms with E-state index in [9.17, 15) is 22.8 Å². The summed E-state index contributed by atoms with van der Waals surface area (Å²) >= 11 is 0. The highest BCUT2D eigenvalue weighted by Crippen LogP contribution is 2.28. The highest BCUT2D eigenvalue weighted by molar-refractivity contribution is 6.02. The van der Waals surface area contributed by atoms with Gasteiger partial charge in [-0.1, -0.05) is 48.5 Å². The molecule has 34 heavy (non-hydrogen) atoms. The van der Waals surface area contributed by atoms with E-state index in [4.69, 9.17) is 0 Å². The molecule has 2 amide bonds. The number of alkyl halides is 3. The first kappa shape index (κ1) is 22.7. The van der Waals surface area contributed by atoms with Crippen molar-refractivity contribution in [2.75, 3.05) is 0 Å². The SMILES string of the molecule is Cc1nc(C(F)(F)F)ccc1C(=O)NNC(=O)c1cn(-c2ccccc2)nc1-c1ccccc1. The number of carbonyl (C=O) groups is 2. The quantitative estimate of drug-likeness (QED) is 0.439. The van der Waals surface area contributed by atoms with Crippen molar-refractivity contribution in [2.45, 2.75) is 13.1 Å². The number of aryl methyl sites for hydroxylation is 1. The number of pyridine rings is 1. The molecular weight excluding hydrogens is 447 g/mol. The Morgan fingerprint density at radius 2 is 1.41 bits per heavy atom. The smallest absolute Gasteiger partial charge is 0.267 e. The largest absolute Gasteiger partial charge is 0.433 e. The number of nitrogens with one attached hydrogen (secondary N) is 2. The minimum Gasteiger partial charge on any atom is -0.267 e. The van der Waals surface area contributed by atoms with Gasteiger partial charge in [0.15, 0.2) is 0 Å². The van der Waals surface area contributed by atoms with E-state index in [0.717, 1.165) is 11.8 Å². The van der Waals surface area contributed by atoms with Crippen LogP contribution in [0, 0.1) is 6.92 Å². The van der Waals surface area contributed by atoms with Gasteiger partial charge < -0.3 is 0 Å². The van der Waals surface area contributed by atoms with Crippen molar-refractivity contribution in [2.24, 2.45) is 0 Å². The Morgan fingerprint density at radius 1 is 0.824 bits per heavy atom. The van der Waals surface area contributed by atoms with Gasteiger partial charge in [0.1, 0.15) is 11.4 Å². The van der Waals surface area contributed by atoms with Crippen LogP contribution in [0.5, 0.6) is 0 Å². The molecule has 0 saturated carbocycles. The minimum atomic E-state index is -4.62. The number of para-hydroxylation sites is 1. The van der Waals surface area contributed by atoms with Crippen LogP contribution in [0.2, 0.25) is 0 Å². The summed E-state index contributed by atoms with van der Waals surface area (Å²) in [5.41, 5.74) is 5.21. The van der Waals surface area contributed by atoms with Crippen molar-refractivity contribution < 1.29 is 22.8 Å². The van der Waals surface area contributed by atoms with Gasteiger partial charge in [0.25, 0.3) is 11.8 Å². The summed E-state index contributed by atoms with van der Waals surface area (Å²) in [5.74, 6) is -1.45. The summed E-state index contributed by atoms with van der Waals surface area (Å²) in [4.78, 5) is 28.9. The average molecular weight is 465 g/mol. The van der Waals surface area contributed by atoms with Gasteiger partial charge in [0.2, 0.25) is 0 Å². The molecule has 0 aliphatic carbocycles. The van der Waals surface area contributed by atoms with Crippen molar-refractivity contribution in [3.8, 4) is 16.9 Å². The second kappa shape index (κ2) is 9.18. The number of rotatable bonds is 4. The Labute approximate surface area is 192 Å². The van der Waals surface area contributed by atoms with Crippen LogP contribution in [-0.2, 0) is 6.18 Å². The Bertz CT molecular complexity index is 1340. The lowest BCUT2D eigenvalue weighted by molar-refractivity contribution is -0.141. The highest BCUT2D eigenvalue weighted by atomic mass is 19.4. The second-order valence-electron chi connectivity index (χ2n) is 7.27. The lowest BCUT2D eigenvalue weighted by atomic mass is 10.1. The van der Waals surface area contributed by atoms with Crippen molar-refractivity contribution in [1.29, 1.82) is 0 Å². The molecule has 172 valence electrons. The zero-order valence-corrected chi connectivity index (χ0v) is 17.8. The standard InChI is InChI=1S/C24H18F3N5O2/c1-15-18(12-13-20(28-15)24(25,26)27)22(33)29-30-23(34)19-14-32(17-10-6-3-7-11-17)31-21(19)16-8-4-2-5-9-16/h2-14H,1H3,(H,29,33)(H,30,34). The minimum absolute atomic E-state index is 0.100. The number of hydrazine groups is 1. The van der Waals surface area contributed by atoms with Crippen LogP contribution in [0.15, 0.2) is 79.0 Å². The van der Waals surface area contributed by atoms with Gasteiger partial charge in [0.05, 0.1) is 22.5 Å². The third kappa shape index (κ3) is 4.80. The lowest BCUT2D eigenvalue weighted by Gasteiger charge is -2.11. The Hall–Kier alpha value is -4.47. The number of carbonyl (C=O) groups excluding carboxylic acids is 2. The summed E-state index contributed by atoms with van der Waals surface area (Å²) in [6.45, 7) is 1.28. The van der Waals surface area contributed by atoms with Crippen LogP contribution in [0.4, 0.5) is 13.2 Å². The molecule has 0 aliphatic heterocycles. The van der Waals surface area contributed by atoms with Crippen molar-refractivity contribution in [3.05, 3.63) is 102 Å². The molecule has 0 spiro atoms. The summed E-state index contributed by atoms with van der Waals surface area (Å²) in [6, 6.07) is 19.9. The summed E-state index contributed by atoms with van der Waals surface area (Å²) in [6.07, 6.45) is -3.09. The molecule has 0 bridgehead atoms. The van der Waals surface area contributed by atoms with E-state index < -0.39 is 23.7 Å². The van der Waals surface area contributed by atoms with Gasteiger partial charge in [-0.3, -0.25) is 20.4 Å². The monoisotopic (exact) mass is 465 g/mol. The van der Waals surface area contributed by atoms with Crippen LogP contribution in [0.3, 0.4) is 0 Å². The Morgan fingerprint density at radius 3 is 2.00 bits per heavy atom. The molecule has 7 nitrogen and oxygen atoms in total. The summed E-state index contributed by atoms with van der Waals surface area (Å²) in [7, 11) is 0. The summed E-state index contributed by atoms with van der Waals surface area (Å²) in [5, 5.41) is 4.53. The van der Waals surface area contributed by atoms with E-state index in [-0.39, 0.29) is 16.8 Å². The fraction of sp³-hybridized carbons (Fsp3) is 0.0833. The fourth-order valence-electron chi connectivity index (χ4n) is 3.27. The average Bonchev–Trinajstić information content (AvgIpc) is 3.28. The molecule has 0 saturated heterocycles. The van der Waals surface area contributed by atoms with Crippen LogP contribution in [-0.4, -0.2) is 26.6 Å². The molecule has 2 heterocycles. The van der Waals surface area contributed by atoms with E-state index >= 15 is 0 Å². The van der Waals surface area contributed by atoms with Gasteiger partial charge in [-0.2, -0.15) is 18.3 Å². The molecule has 0 unspecified atom stereocenters. The number of benzene rings is 2. The topological polar surface area (TPSA) is 88.9 Å². The molecule has 0 atom stereocenters.